The second-order valence-corrected chi connectivity index (χ2v) is 5.28. The molecule has 1 unspecified atom stereocenters. The van der Waals surface area contributed by atoms with Gasteiger partial charge in [-0.25, -0.2) is 4.39 Å². The number of carbonyl (C=O) groups excluding carboxylic acids is 1. The van der Waals surface area contributed by atoms with Crippen molar-refractivity contribution in [3.05, 3.63) is 65.9 Å². The number of rotatable bonds is 4. The Morgan fingerprint density at radius 1 is 1.32 bits per heavy atom. The van der Waals surface area contributed by atoms with E-state index < -0.39 is 0 Å². The van der Waals surface area contributed by atoms with Gasteiger partial charge < -0.3 is 10.3 Å². The number of halogens is 1. The molecule has 2 heterocycles. The Balaban J connectivity index is 1.71. The summed E-state index contributed by atoms with van der Waals surface area (Å²) in [5.41, 5.74) is 1.88. The van der Waals surface area contributed by atoms with Crippen LogP contribution in [0.25, 0.3) is 10.9 Å². The van der Waals surface area contributed by atoms with Gasteiger partial charge >= 0.3 is 0 Å². The third kappa shape index (κ3) is 2.98. The highest BCUT2D eigenvalue weighted by atomic mass is 19.1. The van der Waals surface area contributed by atoms with E-state index in [1.54, 1.807) is 18.3 Å². The van der Waals surface area contributed by atoms with Gasteiger partial charge in [-0.3, -0.25) is 9.78 Å². The van der Waals surface area contributed by atoms with Crippen molar-refractivity contribution in [2.45, 2.75) is 19.4 Å². The lowest BCUT2D eigenvalue weighted by molar-refractivity contribution is 0.0936. The van der Waals surface area contributed by atoms with Crippen LogP contribution in [0.5, 0.6) is 0 Å². The Labute approximate surface area is 127 Å². The lowest BCUT2D eigenvalue weighted by atomic mass is 10.1. The van der Waals surface area contributed by atoms with Crippen molar-refractivity contribution in [3.63, 3.8) is 0 Å². The summed E-state index contributed by atoms with van der Waals surface area (Å²) in [7, 11) is 0. The van der Waals surface area contributed by atoms with Crippen molar-refractivity contribution >= 4 is 16.8 Å². The van der Waals surface area contributed by atoms with Crippen LogP contribution >= 0.6 is 0 Å². The molecule has 1 aromatic carbocycles. The van der Waals surface area contributed by atoms with Gasteiger partial charge in [-0.15, -0.1) is 0 Å². The van der Waals surface area contributed by atoms with Gasteiger partial charge in [0, 0.05) is 35.3 Å². The average Bonchev–Trinajstić information content (AvgIpc) is 2.94. The fourth-order valence-corrected chi connectivity index (χ4v) is 2.43. The number of H-pyrrole nitrogens is 1. The number of aromatic amines is 1. The maximum Gasteiger partial charge on any atom is 0.267 e. The van der Waals surface area contributed by atoms with Crippen molar-refractivity contribution in [2.75, 3.05) is 0 Å². The minimum Gasteiger partial charge on any atom is -0.350 e. The molecular formula is C17H16FN3O. The van der Waals surface area contributed by atoms with E-state index in [2.05, 4.69) is 15.3 Å². The van der Waals surface area contributed by atoms with Crippen LogP contribution in [-0.4, -0.2) is 21.9 Å². The monoisotopic (exact) mass is 297 g/mol. The lowest BCUT2D eigenvalue weighted by Gasteiger charge is -2.12. The van der Waals surface area contributed by atoms with Crippen molar-refractivity contribution in [1.29, 1.82) is 0 Å². The van der Waals surface area contributed by atoms with Crippen LogP contribution in [-0.2, 0) is 6.42 Å². The second kappa shape index (κ2) is 5.97. The summed E-state index contributed by atoms with van der Waals surface area (Å²) in [6.07, 6.45) is 2.37. The van der Waals surface area contributed by atoms with Crippen LogP contribution in [0, 0.1) is 5.82 Å². The number of nitrogens with zero attached hydrogens (tertiary/aromatic N) is 1. The lowest BCUT2D eigenvalue weighted by Crippen LogP contribution is -2.34. The molecule has 0 spiro atoms. The fourth-order valence-electron chi connectivity index (χ4n) is 2.43. The van der Waals surface area contributed by atoms with Crippen molar-refractivity contribution in [3.8, 4) is 0 Å². The zero-order valence-corrected chi connectivity index (χ0v) is 12.1. The summed E-state index contributed by atoms with van der Waals surface area (Å²) < 4.78 is 13.7. The summed E-state index contributed by atoms with van der Waals surface area (Å²) in [5, 5.41) is 3.31. The second-order valence-electron chi connectivity index (χ2n) is 5.28. The quantitative estimate of drug-likeness (QED) is 0.777. The molecule has 2 aromatic heterocycles. The predicted octanol–water partition coefficient (Wildman–Crippen LogP) is 3.06. The van der Waals surface area contributed by atoms with Crippen LogP contribution in [0.1, 0.15) is 23.1 Å². The Kier molecular flexibility index (Phi) is 3.87. The highest BCUT2D eigenvalue weighted by Gasteiger charge is 2.14. The van der Waals surface area contributed by atoms with Crippen molar-refractivity contribution in [1.82, 2.24) is 15.3 Å². The predicted molar refractivity (Wildman–Crippen MR) is 83.1 cm³/mol. The fraction of sp³-hybridized carbons (Fsp3) is 0.176. The minimum absolute atomic E-state index is 0.0707. The zero-order chi connectivity index (χ0) is 15.5. The number of fused-ring (bicyclic) bond motifs is 1. The van der Waals surface area contributed by atoms with E-state index in [0.717, 1.165) is 5.69 Å². The molecular weight excluding hydrogens is 281 g/mol. The average molecular weight is 297 g/mol. The molecule has 3 rings (SSSR count). The Morgan fingerprint density at radius 2 is 2.18 bits per heavy atom. The van der Waals surface area contributed by atoms with Crippen LogP contribution in [0.15, 0.2) is 48.7 Å². The Bertz CT molecular complexity index is 798. The molecule has 0 radical (unpaired) electrons. The molecule has 4 nitrogen and oxygen atoms in total. The number of aromatic nitrogens is 2. The van der Waals surface area contributed by atoms with E-state index in [1.165, 1.54) is 12.1 Å². The van der Waals surface area contributed by atoms with E-state index in [1.807, 2.05) is 25.1 Å². The van der Waals surface area contributed by atoms with Crippen LogP contribution in [0.3, 0.4) is 0 Å². The molecule has 0 aliphatic carbocycles. The summed E-state index contributed by atoms with van der Waals surface area (Å²) in [4.78, 5) is 19.4. The highest BCUT2D eigenvalue weighted by molar-refractivity contribution is 5.98. The van der Waals surface area contributed by atoms with Gasteiger partial charge in [0.25, 0.3) is 5.91 Å². The molecule has 112 valence electrons. The van der Waals surface area contributed by atoms with Gasteiger partial charge in [0.1, 0.15) is 11.5 Å². The summed E-state index contributed by atoms with van der Waals surface area (Å²) in [6, 6.07) is 11.9. The molecule has 22 heavy (non-hydrogen) atoms. The van der Waals surface area contributed by atoms with Crippen molar-refractivity contribution in [2.24, 2.45) is 0 Å². The molecule has 2 N–H and O–H groups in total. The standard InChI is InChI=1S/C17H16FN3O/c1-11(9-12-5-2-3-8-19-12)20-17(22)16-10-13-14(18)6-4-7-15(13)21-16/h2-8,10-11,21H,9H2,1H3,(H,20,22). The Hall–Kier alpha value is -2.69. The number of carbonyl (C=O) groups is 1. The first-order chi connectivity index (χ1) is 10.6. The van der Waals surface area contributed by atoms with Gasteiger partial charge in [-0.05, 0) is 37.3 Å². The molecule has 0 saturated heterocycles. The van der Waals surface area contributed by atoms with E-state index in [-0.39, 0.29) is 17.8 Å². The van der Waals surface area contributed by atoms with E-state index in [4.69, 9.17) is 0 Å². The molecule has 0 saturated carbocycles. The largest absolute Gasteiger partial charge is 0.350 e. The molecule has 0 aliphatic heterocycles. The van der Waals surface area contributed by atoms with Gasteiger partial charge in [0.15, 0.2) is 0 Å². The maximum atomic E-state index is 13.7. The number of hydrogen-bond acceptors (Lipinski definition) is 2. The SMILES string of the molecule is CC(Cc1ccccn1)NC(=O)c1cc2c(F)cccc2[nH]1. The number of nitrogens with one attached hydrogen (secondary N) is 2. The van der Waals surface area contributed by atoms with E-state index in [0.29, 0.717) is 23.0 Å². The molecule has 1 atom stereocenters. The van der Waals surface area contributed by atoms with Gasteiger partial charge in [-0.1, -0.05) is 12.1 Å². The number of hydrogen-bond donors (Lipinski definition) is 2. The first-order valence-electron chi connectivity index (χ1n) is 7.11. The summed E-state index contributed by atoms with van der Waals surface area (Å²) >= 11 is 0. The topological polar surface area (TPSA) is 57.8 Å². The molecule has 0 aliphatic rings. The summed E-state index contributed by atoms with van der Waals surface area (Å²) in [6.45, 7) is 1.91. The molecule has 1 amide bonds. The van der Waals surface area contributed by atoms with Crippen molar-refractivity contribution < 1.29 is 9.18 Å². The maximum absolute atomic E-state index is 13.7. The summed E-state index contributed by atoms with van der Waals surface area (Å²) in [5.74, 6) is -0.589. The molecule has 0 fully saturated rings. The number of benzene rings is 1. The van der Waals surface area contributed by atoms with E-state index >= 15 is 0 Å². The van der Waals surface area contributed by atoms with Crippen LogP contribution in [0.4, 0.5) is 4.39 Å². The first-order valence-corrected chi connectivity index (χ1v) is 7.11. The molecule has 3 aromatic rings. The third-order valence-corrected chi connectivity index (χ3v) is 3.47. The van der Waals surface area contributed by atoms with E-state index in [9.17, 15) is 9.18 Å². The van der Waals surface area contributed by atoms with Crippen LogP contribution < -0.4 is 5.32 Å². The highest BCUT2D eigenvalue weighted by Crippen LogP contribution is 2.18. The zero-order valence-electron chi connectivity index (χ0n) is 12.1. The normalized spacial score (nSPS) is 12.3. The number of amides is 1. The first kappa shape index (κ1) is 14.3. The Morgan fingerprint density at radius 3 is 2.91 bits per heavy atom. The third-order valence-electron chi connectivity index (χ3n) is 3.47. The van der Waals surface area contributed by atoms with Gasteiger partial charge in [-0.2, -0.15) is 0 Å². The molecule has 5 heteroatoms. The van der Waals surface area contributed by atoms with Gasteiger partial charge in [0.2, 0.25) is 0 Å². The molecule has 0 bridgehead atoms. The minimum atomic E-state index is -0.339. The van der Waals surface area contributed by atoms with Gasteiger partial charge in [0.05, 0.1) is 0 Å². The van der Waals surface area contributed by atoms with Crippen LogP contribution in [0.2, 0.25) is 0 Å². The smallest absolute Gasteiger partial charge is 0.267 e. The number of pyridine rings is 1.